The zero-order chi connectivity index (χ0) is 15.8. The number of thioether (sulfide) groups is 1. The summed E-state index contributed by atoms with van der Waals surface area (Å²) in [6, 6.07) is 0. The molecule has 0 saturated carbocycles. The van der Waals surface area contributed by atoms with Crippen LogP contribution in [0.2, 0.25) is 0 Å². The highest BCUT2D eigenvalue weighted by Crippen LogP contribution is 2.32. The Morgan fingerprint density at radius 1 is 1.05 bits per heavy atom. The Morgan fingerprint density at radius 2 is 1.55 bits per heavy atom. The Labute approximate surface area is 127 Å². The third-order valence-electron chi connectivity index (χ3n) is 4.64. The number of carboxylic acid groups (broad SMARTS) is 1. The molecule has 0 fully saturated rings. The Bertz CT molecular complexity index is 315. The number of hydrogen-bond acceptors (Lipinski definition) is 3. The van der Waals surface area contributed by atoms with Gasteiger partial charge in [0.15, 0.2) is 0 Å². The first-order valence-electron chi connectivity index (χ1n) is 7.40. The number of nitrogens with one attached hydrogen (secondary N) is 1. The minimum absolute atomic E-state index is 0.0555. The molecule has 5 heteroatoms. The van der Waals surface area contributed by atoms with E-state index >= 15 is 0 Å². The Hall–Kier alpha value is -0.710. The summed E-state index contributed by atoms with van der Waals surface area (Å²) in [5, 5.41) is 12.3. The van der Waals surface area contributed by atoms with Crippen LogP contribution in [0.1, 0.15) is 59.8 Å². The van der Waals surface area contributed by atoms with E-state index in [1.54, 1.807) is 11.8 Å². The molecule has 4 nitrogen and oxygen atoms in total. The van der Waals surface area contributed by atoms with Gasteiger partial charge in [-0.15, -0.1) is 0 Å². The smallest absolute Gasteiger partial charge is 0.310 e. The highest BCUT2D eigenvalue weighted by atomic mass is 32.2. The predicted octanol–water partition coefficient (Wildman–Crippen LogP) is 3.31. The number of aliphatic carboxylic acids is 1. The average Bonchev–Trinajstić information content (AvgIpc) is 2.46. The molecule has 0 aromatic heterocycles. The van der Waals surface area contributed by atoms with Crippen LogP contribution >= 0.6 is 11.8 Å². The van der Waals surface area contributed by atoms with Gasteiger partial charge in [0.2, 0.25) is 5.91 Å². The number of rotatable bonds is 10. The van der Waals surface area contributed by atoms with Crippen LogP contribution in [-0.4, -0.2) is 34.5 Å². The quantitative estimate of drug-likeness (QED) is 0.650. The van der Waals surface area contributed by atoms with Crippen LogP contribution in [0.3, 0.4) is 0 Å². The summed E-state index contributed by atoms with van der Waals surface area (Å²) in [5.41, 5.74) is -0.926. The fourth-order valence-corrected chi connectivity index (χ4v) is 3.16. The number of hydrogen-bond donors (Lipinski definition) is 2. The van der Waals surface area contributed by atoms with E-state index in [2.05, 4.69) is 25.4 Å². The van der Waals surface area contributed by atoms with E-state index in [-0.39, 0.29) is 17.1 Å². The molecule has 0 aliphatic carbocycles. The van der Waals surface area contributed by atoms with Gasteiger partial charge in [-0.25, -0.2) is 0 Å². The summed E-state index contributed by atoms with van der Waals surface area (Å²) in [6.07, 6.45) is 5.03. The van der Waals surface area contributed by atoms with Gasteiger partial charge in [-0.3, -0.25) is 9.59 Å². The molecule has 0 aliphatic rings. The first kappa shape index (κ1) is 19.3. The van der Waals surface area contributed by atoms with Crippen molar-refractivity contribution in [3.8, 4) is 0 Å². The summed E-state index contributed by atoms with van der Waals surface area (Å²) in [7, 11) is 0. The van der Waals surface area contributed by atoms with Crippen molar-refractivity contribution in [3.05, 3.63) is 0 Å². The molecular weight excluding hydrogens is 274 g/mol. The lowest BCUT2D eigenvalue weighted by molar-refractivity contribution is -0.152. The van der Waals surface area contributed by atoms with Crippen LogP contribution in [-0.2, 0) is 9.59 Å². The number of carbonyl (C=O) groups is 2. The van der Waals surface area contributed by atoms with Crippen molar-refractivity contribution in [3.63, 3.8) is 0 Å². The molecule has 0 bridgehead atoms. The molecule has 2 N–H and O–H groups in total. The van der Waals surface area contributed by atoms with Gasteiger partial charge in [-0.1, -0.05) is 27.7 Å². The SMILES string of the molecule is CCC(CC)(CNC(=O)CC(CC)(CC)C(=O)O)SC. The van der Waals surface area contributed by atoms with Crippen LogP contribution in [0, 0.1) is 5.41 Å². The van der Waals surface area contributed by atoms with Crippen LogP contribution < -0.4 is 5.32 Å². The van der Waals surface area contributed by atoms with Crippen molar-refractivity contribution in [1.29, 1.82) is 0 Å². The molecule has 0 aromatic rings. The van der Waals surface area contributed by atoms with Crippen molar-refractivity contribution < 1.29 is 14.7 Å². The first-order valence-corrected chi connectivity index (χ1v) is 8.63. The molecule has 0 heterocycles. The van der Waals surface area contributed by atoms with E-state index in [1.165, 1.54) is 0 Å². The van der Waals surface area contributed by atoms with Gasteiger partial charge in [0, 0.05) is 17.7 Å². The summed E-state index contributed by atoms with van der Waals surface area (Å²) < 4.78 is 0.0555. The maximum Gasteiger partial charge on any atom is 0.310 e. The van der Waals surface area contributed by atoms with Gasteiger partial charge < -0.3 is 10.4 Å². The highest BCUT2D eigenvalue weighted by molar-refractivity contribution is 8.00. The maximum absolute atomic E-state index is 12.1. The molecule has 0 rings (SSSR count). The largest absolute Gasteiger partial charge is 0.481 e. The maximum atomic E-state index is 12.1. The summed E-state index contributed by atoms with van der Waals surface area (Å²) in [4.78, 5) is 23.5. The second-order valence-corrected chi connectivity index (χ2v) is 6.61. The van der Waals surface area contributed by atoms with E-state index < -0.39 is 11.4 Å². The zero-order valence-corrected chi connectivity index (χ0v) is 14.2. The van der Waals surface area contributed by atoms with E-state index in [0.29, 0.717) is 19.4 Å². The zero-order valence-electron chi connectivity index (χ0n) is 13.4. The van der Waals surface area contributed by atoms with E-state index in [0.717, 1.165) is 12.8 Å². The highest BCUT2D eigenvalue weighted by Gasteiger charge is 2.37. The molecule has 0 radical (unpaired) electrons. The molecule has 0 aliphatic heterocycles. The molecule has 1 amide bonds. The van der Waals surface area contributed by atoms with Crippen LogP contribution in [0.15, 0.2) is 0 Å². The molecule has 0 spiro atoms. The van der Waals surface area contributed by atoms with E-state index in [9.17, 15) is 14.7 Å². The summed E-state index contributed by atoms with van der Waals surface area (Å²) in [6.45, 7) is 8.49. The number of carboxylic acids is 1. The standard InChI is InChI=1S/C15H29NO3S/c1-6-14(7-2,13(18)19)10-12(17)16-11-15(8-3,9-4)20-5/h6-11H2,1-5H3,(H,16,17)(H,18,19). The normalized spacial score (nSPS) is 12.2. The second kappa shape index (κ2) is 8.55. The van der Waals surface area contributed by atoms with Crippen molar-refractivity contribution in [2.24, 2.45) is 5.41 Å². The second-order valence-electron chi connectivity index (χ2n) is 5.34. The fraction of sp³-hybridized carbons (Fsp3) is 0.867. The molecule has 0 unspecified atom stereocenters. The lowest BCUT2D eigenvalue weighted by Crippen LogP contribution is -2.43. The van der Waals surface area contributed by atoms with Crippen LogP contribution in [0.25, 0.3) is 0 Å². The topological polar surface area (TPSA) is 66.4 Å². The Balaban J connectivity index is 4.67. The van der Waals surface area contributed by atoms with E-state index in [1.807, 2.05) is 13.8 Å². The number of amides is 1. The Morgan fingerprint density at radius 3 is 1.85 bits per heavy atom. The van der Waals surface area contributed by atoms with Gasteiger partial charge in [0.25, 0.3) is 0 Å². The molecule has 0 aromatic carbocycles. The van der Waals surface area contributed by atoms with Crippen molar-refractivity contribution in [2.75, 3.05) is 12.8 Å². The predicted molar refractivity (Wildman–Crippen MR) is 85.1 cm³/mol. The molecule has 0 saturated heterocycles. The van der Waals surface area contributed by atoms with Crippen molar-refractivity contribution in [2.45, 2.75) is 64.5 Å². The molecule has 0 atom stereocenters. The number of carbonyl (C=O) groups excluding carboxylic acids is 1. The molecular formula is C15H29NO3S. The lowest BCUT2D eigenvalue weighted by atomic mass is 9.79. The third kappa shape index (κ3) is 4.69. The minimum atomic E-state index is -0.926. The summed E-state index contributed by atoms with van der Waals surface area (Å²) in [5.74, 6) is -1.03. The van der Waals surface area contributed by atoms with Gasteiger partial charge in [-0.2, -0.15) is 11.8 Å². The molecule has 118 valence electrons. The van der Waals surface area contributed by atoms with Crippen molar-refractivity contribution >= 4 is 23.6 Å². The monoisotopic (exact) mass is 303 g/mol. The van der Waals surface area contributed by atoms with Gasteiger partial charge in [0.1, 0.15) is 0 Å². The fourth-order valence-electron chi connectivity index (χ4n) is 2.37. The van der Waals surface area contributed by atoms with Gasteiger partial charge in [0.05, 0.1) is 5.41 Å². The van der Waals surface area contributed by atoms with Gasteiger partial charge in [-0.05, 0) is 31.9 Å². The minimum Gasteiger partial charge on any atom is -0.481 e. The van der Waals surface area contributed by atoms with E-state index in [4.69, 9.17) is 0 Å². The van der Waals surface area contributed by atoms with Crippen molar-refractivity contribution in [1.82, 2.24) is 5.32 Å². The van der Waals surface area contributed by atoms with Crippen LogP contribution in [0.4, 0.5) is 0 Å². The van der Waals surface area contributed by atoms with Crippen LogP contribution in [0.5, 0.6) is 0 Å². The van der Waals surface area contributed by atoms with Gasteiger partial charge >= 0.3 is 5.97 Å². The molecule has 20 heavy (non-hydrogen) atoms. The Kier molecular flexibility index (Phi) is 8.25. The lowest BCUT2D eigenvalue weighted by Gasteiger charge is -2.31. The average molecular weight is 303 g/mol. The third-order valence-corrected chi connectivity index (χ3v) is 6.22. The first-order chi connectivity index (χ1) is 9.35. The summed E-state index contributed by atoms with van der Waals surface area (Å²) >= 11 is 1.76.